The fourth-order valence-corrected chi connectivity index (χ4v) is 18.4. The normalized spacial score (nSPS) is 17.3. The third-order valence-corrected chi connectivity index (χ3v) is 23.0. The van der Waals surface area contributed by atoms with Crippen molar-refractivity contribution in [2.75, 3.05) is 9.80 Å². The second kappa shape index (κ2) is 24.4. The van der Waals surface area contributed by atoms with Crippen LogP contribution >= 0.6 is 0 Å². The molecule has 5 aliphatic rings. The smallest absolute Gasteiger partial charge is 0.200 e. The van der Waals surface area contributed by atoms with Crippen LogP contribution in [0.25, 0.3) is 51.1 Å². The molecule has 18 rings (SSSR count). The molecule has 3 atom stereocenters. The maximum Gasteiger partial charge on any atom is 0.200 e. The minimum Gasteiger partial charge on any atom is -0.305 e. The molecule has 0 radical (unpaired) electrons. The Morgan fingerprint density at radius 1 is 0.308 bits per heavy atom. The van der Waals surface area contributed by atoms with Gasteiger partial charge in [0.15, 0.2) is 46.5 Å². The van der Waals surface area contributed by atoms with Crippen molar-refractivity contribution < 1.29 is 43.9 Å². The lowest BCUT2D eigenvalue weighted by Crippen LogP contribution is -2.31. The van der Waals surface area contributed by atoms with Crippen LogP contribution < -0.4 is 9.80 Å². The lowest BCUT2D eigenvalue weighted by Gasteiger charge is -2.38. The molecule has 0 aliphatic heterocycles. The van der Waals surface area contributed by atoms with E-state index in [1.54, 1.807) is 72.8 Å². The van der Waals surface area contributed by atoms with Gasteiger partial charge in [0.25, 0.3) is 0 Å². The Morgan fingerprint density at radius 2 is 0.636 bits per heavy atom. The van der Waals surface area contributed by atoms with Gasteiger partial charge in [-0.15, -0.1) is 0 Å². The number of hydrogen-bond acceptors (Lipinski definition) is 2. The van der Waals surface area contributed by atoms with Gasteiger partial charge in [-0.1, -0.05) is 231 Å². The molecule has 107 heavy (non-hydrogen) atoms. The van der Waals surface area contributed by atoms with Gasteiger partial charge in [-0.3, -0.25) is 0 Å². The average molecular weight is 1420 g/mol. The summed E-state index contributed by atoms with van der Waals surface area (Å²) in [6, 6.07) is 71.7. The summed E-state index contributed by atoms with van der Waals surface area (Å²) in [4.78, 5) is 2.15. The Bertz CT molecular complexity index is 6070. The van der Waals surface area contributed by atoms with Crippen molar-refractivity contribution in [2.24, 2.45) is 0 Å². The predicted octanol–water partition coefficient (Wildman–Crippen LogP) is 25.7. The van der Waals surface area contributed by atoms with Gasteiger partial charge in [-0.05, 0) is 223 Å². The van der Waals surface area contributed by atoms with Crippen molar-refractivity contribution in [1.82, 2.24) is 0 Å². The lowest BCUT2D eigenvalue weighted by atomic mass is 9.64. The molecule has 0 amide bonds. The highest BCUT2D eigenvalue weighted by molar-refractivity contribution is 6.00. The molecule has 522 valence electrons. The number of rotatable bonds is 12. The molecule has 3 unspecified atom stereocenters. The van der Waals surface area contributed by atoms with Crippen LogP contribution in [-0.2, 0) is 16.2 Å². The minimum atomic E-state index is -2.35. The Hall–Kier alpha value is -12.3. The fraction of sp³-hybridized carbons (Fsp3) is 0.0947. The second-order valence-corrected chi connectivity index (χ2v) is 28.4. The van der Waals surface area contributed by atoms with E-state index in [2.05, 4.69) is 43.5 Å². The highest BCUT2D eigenvalue weighted by Gasteiger charge is 2.54. The number of aryl methyl sites for hydroxylation is 4. The van der Waals surface area contributed by atoms with Crippen LogP contribution in [0.15, 0.2) is 261 Å². The van der Waals surface area contributed by atoms with Crippen LogP contribution in [0, 0.1) is 85.9 Å². The number of fused-ring (bicyclic) bond motifs is 15. The summed E-state index contributed by atoms with van der Waals surface area (Å²) in [7, 11) is 0. The summed E-state index contributed by atoms with van der Waals surface area (Å²) < 4.78 is 167. The first-order chi connectivity index (χ1) is 51.8. The molecular weight excluding hydrogens is 1360 g/mol. The van der Waals surface area contributed by atoms with Gasteiger partial charge in [0.1, 0.15) is 11.4 Å². The zero-order valence-corrected chi connectivity index (χ0v) is 58.3. The van der Waals surface area contributed by atoms with Crippen LogP contribution in [0.1, 0.15) is 113 Å². The van der Waals surface area contributed by atoms with Crippen LogP contribution in [0.5, 0.6) is 0 Å². The van der Waals surface area contributed by atoms with E-state index in [9.17, 15) is 0 Å². The molecule has 2 nitrogen and oxygen atoms in total. The molecular formula is C95H62F10N2. The van der Waals surface area contributed by atoms with E-state index in [1.807, 2.05) is 179 Å². The lowest BCUT2D eigenvalue weighted by molar-refractivity contribution is 0.380. The summed E-state index contributed by atoms with van der Waals surface area (Å²) >= 11 is 0. The molecule has 0 aromatic heterocycles. The van der Waals surface area contributed by atoms with E-state index >= 15 is 43.9 Å². The van der Waals surface area contributed by atoms with Gasteiger partial charge in [-0.25, -0.2) is 43.9 Å². The average Bonchev–Trinajstić information content (AvgIpc) is 1.52. The van der Waals surface area contributed by atoms with Crippen molar-refractivity contribution in [2.45, 2.75) is 56.8 Å². The molecule has 13 aromatic rings. The van der Waals surface area contributed by atoms with Crippen molar-refractivity contribution in [3.05, 3.63) is 420 Å². The summed E-state index contributed by atoms with van der Waals surface area (Å²) in [6.07, 6.45) is 8.98. The van der Waals surface area contributed by atoms with Crippen LogP contribution in [0.2, 0.25) is 0 Å². The largest absolute Gasteiger partial charge is 0.305 e. The molecule has 1 spiro atoms. The molecule has 0 saturated heterocycles. The number of hydrogen-bond donors (Lipinski definition) is 0. The van der Waals surface area contributed by atoms with Gasteiger partial charge in [0.05, 0.1) is 16.2 Å². The van der Waals surface area contributed by atoms with Crippen molar-refractivity contribution in [3.63, 3.8) is 0 Å². The molecule has 0 bridgehead atoms. The first kappa shape index (κ1) is 66.7. The van der Waals surface area contributed by atoms with Gasteiger partial charge in [0.2, 0.25) is 11.6 Å². The van der Waals surface area contributed by atoms with Crippen molar-refractivity contribution in [3.8, 4) is 33.4 Å². The maximum atomic E-state index is 17.6. The molecule has 0 heterocycles. The molecule has 0 fully saturated rings. The summed E-state index contributed by atoms with van der Waals surface area (Å²) in [6.45, 7) is 16.1. The fourth-order valence-electron chi connectivity index (χ4n) is 18.4. The SMILES string of the molecule is C=Cc1ccc(C2(c3cc(C)ccc3C)C3=C(C=CCC3)c3ccc(N(c4ccc5c(c4)C4(c6ccccc6-5)c5ccccc5-c5ccc(N(c6ccc7c(c6)C(c6ccc(C=C)cc6)(c6cc(C)ccc6C)c6ccccc6-7)c6c(F)c(F)c(F)c(F)c6F)cc54)c4c(F)c(F)c(F)c(F)c4F)cc32)cc1. The number of nitrogens with zero attached hydrogens (tertiary/aromatic N) is 2. The molecule has 12 heteroatoms. The standard InChI is InChI=1S/C95H62F10N2/c1-7-55-29-33-57(34-30-55)93(75-45-51(3)25-27-53(75)5)71-21-13-9-17-63(71)67-41-37-59(47-77(67)93)106(91-87(102)83(98)81(96)84(99)88(91)103)61-39-43-69-65-19-11-15-23-73(65)95(79(69)49-61)74-24-16-12-20-66(74)70-44-40-62(50-80(70)95)107(92-89(104)85(100)82(97)86(101)90(92)105)60-38-42-68-64-18-10-14-22-72(64)94(78(68)48-60,58-35-31-56(8-2)32-36-58)76-46-52(4)26-28-54(76)6/h7-13,15-21,23-50H,1-2,14,22H2,3-6H3. The Balaban J connectivity index is 0.901. The van der Waals surface area contributed by atoms with Crippen LogP contribution in [0.3, 0.4) is 0 Å². The number of benzene rings is 13. The summed E-state index contributed by atoms with van der Waals surface area (Å²) in [5, 5.41) is 0. The molecule has 0 N–H and O–H groups in total. The van der Waals surface area contributed by atoms with Crippen LogP contribution in [0.4, 0.5) is 78.0 Å². The van der Waals surface area contributed by atoms with E-state index in [0.29, 0.717) is 68.5 Å². The summed E-state index contributed by atoms with van der Waals surface area (Å²) in [5.74, 6) is -21.8. The number of allylic oxidation sites excluding steroid dienone is 4. The zero-order chi connectivity index (χ0) is 74.0. The predicted molar refractivity (Wildman–Crippen MR) is 406 cm³/mol. The zero-order valence-electron chi connectivity index (χ0n) is 58.3. The van der Waals surface area contributed by atoms with Crippen molar-refractivity contribution in [1.29, 1.82) is 0 Å². The van der Waals surface area contributed by atoms with Gasteiger partial charge in [0, 0.05) is 22.7 Å². The molecule has 0 saturated carbocycles. The highest BCUT2D eigenvalue weighted by Crippen LogP contribution is 2.66. The van der Waals surface area contributed by atoms with E-state index in [1.165, 1.54) is 0 Å². The Morgan fingerprint density at radius 3 is 1.04 bits per heavy atom. The minimum absolute atomic E-state index is 0.0198. The van der Waals surface area contributed by atoms with Gasteiger partial charge >= 0.3 is 0 Å². The maximum absolute atomic E-state index is 17.6. The number of anilines is 6. The Kier molecular flexibility index (Phi) is 15.2. The van der Waals surface area contributed by atoms with Gasteiger partial charge < -0.3 is 9.80 Å². The third kappa shape index (κ3) is 9.14. The highest BCUT2D eigenvalue weighted by atomic mass is 19.2. The first-order valence-corrected chi connectivity index (χ1v) is 35.3. The van der Waals surface area contributed by atoms with Gasteiger partial charge in [-0.2, -0.15) is 0 Å². The topological polar surface area (TPSA) is 6.48 Å². The van der Waals surface area contributed by atoms with E-state index < -0.39 is 85.8 Å². The van der Waals surface area contributed by atoms with E-state index in [4.69, 9.17) is 0 Å². The molecule has 13 aromatic carbocycles. The van der Waals surface area contributed by atoms with Crippen molar-refractivity contribution >= 4 is 51.8 Å². The summed E-state index contributed by atoms with van der Waals surface area (Å²) in [5.41, 5.74) is 14.1. The van der Waals surface area contributed by atoms with E-state index in [-0.39, 0.29) is 22.7 Å². The Labute approximate surface area is 612 Å². The van der Waals surface area contributed by atoms with Crippen LogP contribution in [-0.4, -0.2) is 0 Å². The first-order valence-electron chi connectivity index (χ1n) is 35.3. The third-order valence-electron chi connectivity index (χ3n) is 23.0. The second-order valence-electron chi connectivity index (χ2n) is 28.4. The quantitative estimate of drug-likeness (QED) is 0.0683. The molecule has 5 aliphatic carbocycles. The monoisotopic (exact) mass is 1420 g/mol. The number of halogens is 10. The van der Waals surface area contributed by atoms with E-state index in [0.717, 1.165) is 98.8 Å².